The number of ether oxygens (including phenoxy) is 1. The van der Waals surface area contributed by atoms with Crippen LogP contribution < -0.4 is 10.2 Å². The van der Waals surface area contributed by atoms with Gasteiger partial charge in [-0.05, 0) is 50.3 Å². The van der Waals surface area contributed by atoms with Gasteiger partial charge in [0.05, 0.1) is 12.3 Å². The van der Waals surface area contributed by atoms with Gasteiger partial charge in [-0.15, -0.1) is 11.3 Å². The predicted molar refractivity (Wildman–Crippen MR) is 127 cm³/mol. The third-order valence-corrected chi connectivity index (χ3v) is 7.05. The van der Waals surface area contributed by atoms with Crippen LogP contribution in [0.3, 0.4) is 0 Å². The predicted octanol–water partition coefficient (Wildman–Crippen LogP) is 4.38. The molecule has 2 aromatic heterocycles. The quantitative estimate of drug-likeness (QED) is 0.562. The van der Waals surface area contributed by atoms with Gasteiger partial charge in [0.15, 0.2) is 5.69 Å². The largest absolute Gasteiger partial charge is 0.461 e. The molecular weight excluding hydrogens is 426 g/mol. The monoisotopic (exact) mass is 453 g/mol. The lowest BCUT2D eigenvalue weighted by Gasteiger charge is -2.19. The molecule has 1 aliphatic rings. The fourth-order valence-electron chi connectivity index (χ4n) is 4.25. The standard InChI is InChI=1S/C24H27N3O4S/c1-4-31-24(30)22-21(25-15(2)28)20-17-12-8-9-13-18(17)32-23(20)27(22)14-19(29)26(3)16-10-6-5-7-11-16/h5-7,10-11H,4,8-9,12-14H2,1-3H3,(H,25,28). The Labute approximate surface area is 191 Å². The molecular formula is C24H27N3O4S. The summed E-state index contributed by atoms with van der Waals surface area (Å²) in [6.07, 6.45) is 4.05. The first kappa shape index (κ1) is 22.1. The van der Waals surface area contributed by atoms with E-state index in [0.29, 0.717) is 5.69 Å². The molecule has 32 heavy (non-hydrogen) atoms. The molecule has 168 valence electrons. The molecule has 0 fully saturated rings. The number of carbonyl (C=O) groups is 3. The van der Waals surface area contributed by atoms with Crippen LogP contribution in [0.1, 0.15) is 47.6 Å². The fourth-order valence-corrected chi connectivity index (χ4v) is 5.65. The molecule has 0 bridgehead atoms. The minimum absolute atomic E-state index is 0.0327. The van der Waals surface area contributed by atoms with E-state index in [2.05, 4.69) is 5.32 Å². The number of aromatic nitrogens is 1. The number of nitrogens with one attached hydrogen (secondary N) is 1. The lowest BCUT2D eigenvalue weighted by molar-refractivity contribution is -0.118. The number of hydrogen-bond acceptors (Lipinski definition) is 5. The highest BCUT2D eigenvalue weighted by Gasteiger charge is 2.31. The number of hydrogen-bond donors (Lipinski definition) is 1. The van der Waals surface area contributed by atoms with E-state index in [1.165, 1.54) is 17.4 Å². The lowest BCUT2D eigenvalue weighted by atomic mass is 9.96. The fraction of sp³-hybridized carbons (Fsp3) is 0.375. The van der Waals surface area contributed by atoms with Gasteiger partial charge in [0.2, 0.25) is 11.8 Å². The minimum Gasteiger partial charge on any atom is -0.461 e. The van der Waals surface area contributed by atoms with Crippen molar-refractivity contribution in [2.45, 2.75) is 46.1 Å². The summed E-state index contributed by atoms with van der Waals surface area (Å²) < 4.78 is 7.05. The van der Waals surface area contributed by atoms with E-state index in [0.717, 1.165) is 41.6 Å². The Morgan fingerprint density at radius 3 is 2.56 bits per heavy atom. The average Bonchev–Trinajstić information content (AvgIpc) is 3.29. The van der Waals surface area contributed by atoms with Crippen molar-refractivity contribution in [3.8, 4) is 0 Å². The topological polar surface area (TPSA) is 80.6 Å². The van der Waals surface area contributed by atoms with Crippen LogP contribution in [0.5, 0.6) is 0 Å². The van der Waals surface area contributed by atoms with Gasteiger partial charge in [-0.3, -0.25) is 9.59 Å². The third-order valence-electron chi connectivity index (χ3n) is 5.74. The minimum atomic E-state index is -0.542. The van der Waals surface area contributed by atoms with Crippen LogP contribution in [0.15, 0.2) is 30.3 Å². The Kier molecular flexibility index (Phi) is 6.32. The summed E-state index contributed by atoms with van der Waals surface area (Å²) in [5.41, 5.74) is 2.63. The highest BCUT2D eigenvalue weighted by molar-refractivity contribution is 7.19. The molecule has 0 saturated carbocycles. The van der Waals surface area contributed by atoms with E-state index in [4.69, 9.17) is 4.74 Å². The molecule has 2 heterocycles. The van der Waals surface area contributed by atoms with Crippen LogP contribution in [0, 0.1) is 0 Å². The number of carbonyl (C=O) groups excluding carboxylic acids is 3. The number of anilines is 2. The molecule has 1 aromatic carbocycles. The molecule has 0 atom stereocenters. The van der Waals surface area contributed by atoms with E-state index < -0.39 is 5.97 Å². The van der Waals surface area contributed by atoms with Crippen molar-refractivity contribution in [2.24, 2.45) is 0 Å². The van der Waals surface area contributed by atoms with Crippen LogP contribution >= 0.6 is 11.3 Å². The number of para-hydroxylation sites is 1. The Morgan fingerprint density at radius 1 is 1.16 bits per heavy atom. The SMILES string of the molecule is CCOC(=O)c1c(NC(C)=O)c2c3c(sc2n1CC(=O)N(C)c1ccccc1)CCCC3. The molecule has 1 N–H and O–H groups in total. The van der Waals surface area contributed by atoms with Crippen LogP contribution in [0.4, 0.5) is 11.4 Å². The van der Waals surface area contributed by atoms with Crippen molar-refractivity contribution >= 4 is 50.7 Å². The number of thiophene rings is 1. The number of amides is 2. The van der Waals surface area contributed by atoms with Crippen molar-refractivity contribution in [1.29, 1.82) is 0 Å². The molecule has 0 aliphatic heterocycles. The van der Waals surface area contributed by atoms with Gasteiger partial charge in [-0.1, -0.05) is 18.2 Å². The van der Waals surface area contributed by atoms with Gasteiger partial charge in [0.25, 0.3) is 0 Å². The summed E-state index contributed by atoms with van der Waals surface area (Å²) >= 11 is 1.61. The molecule has 8 heteroatoms. The van der Waals surface area contributed by atoms with Gasteiger partial charge in [-0.25, -0.2) is 4.79 Å². The van der Waals surface area contributed by atoms with E-state index in [1.54, 1.807) is 34.8 Å². The molecule has 3 aromatic rings. The Bertz CT molecular complexity index is 1180. The van der Waals surface area contributed by atoms with Gasteiger partial charge < -0.3 is 19.5 Å². The van der Waals surface area contributed by atoms with Gasteiger partial charge in [0.1, 0.15) is 11.4 Å². The van der Waals surface area contributed by atoms with Crippen molar-refractivity contribution in [3.63, 3.8) is 0 Å². The molecule has 4 rings (SSSR count). The lowest BCUT2D eigenvalue weighted by Crippen LogP contribution is -2.31. The highest BCUT2D eigenvalue weighted by Crippen LogP contribution is 2.44. The maximum Gasteiger partial charge on any atom is 0.357 e. The van der Waals surface area contributed by atoms with Crippen molar-refractivity contribution < 1.29 is 19.1 Å². The van der Waals surface area contributed by atoms with Gasteiger partial charge in [-0.2, -0.15) is 0 Å². The number of nitrogens with zero attached hydrogens (tertiary/aromatic N) is 2. The smallest absolute Gasteiger partial charge is 0.357 e. The van der Waals surface area contributed by atoms with Crippen LogP contribution in [-0.2, 0) is 33.7 Å². The Hall–Kier alpha value is -3.13. The van der Waals surface area contributed by atoms with Gasteiger partial charge in [0, 0.05) is 29.9 Å². The zero-order chi connectivity index (χ0) is 22.8. The first-order valence-electron chi connectivity index (χ1n) is 10.8. The number of esters is 1. The summed E-state index contributed by atoms with van der Waals surface area (Å²) in [6, 6.07) is 9.37. The number of benzene rings is 1. The summed E-state index contributed by atoms with van der Waals surface area (Å²) in [4.78, 5) is 42.0. The Morgan fingerprint density at radius 2 is 1.88 bits per heavy atom. The van der Waals surface area contributed by atoms with E-state index in [1.807, 2.05) is 30.3 Å². The summed E-state index contributed by atoms with van der Waals surface area (Å²) in [6.45, 7) is 3.33. The highest BCUT2D eigenvalue weighted by atomic mass is 32.1. The number of likely N-dealkylation sites (N-methyl/N-ethyl adjacent to an activating group) is 1. The van der Waals surface area contributed by atoms with E-state index in [-0.39, 0.29) is 30.7 Å². The van der Waals surface area contributed by atoms with E-state index >= 15 is 0 Å². The van der Waals surface area contributed by atoms with Crippen LogP contribution in [-0.4, -0.2) is 36.0 Å². The second-order valence-corrected chi connectivity index (χ2v) is 8.97. The van der Waals surface area contributed by atoms with Crippen LogP contribution in [0.2, 0.25) is 0 Å². The molecule has 2 amide bonds. The molecule has 0 unspecified atom stereocenters. The second kappa shape index (κ2) is 9.16. The average molecular weight is 454 g/mol. The first-order valence-corrected chi connectivity index (χ1v) is 11.7. The first-order chi connectivity index (χ1) is 15.4. The van der Waals surface area contributed by atoms with E-state index in [9.17, 15) is 14.4 Å². The molecule has 0 saturated heterocycles. The van der Waals surface area contributed by atoms with Gasteiger partial charge >= 0.3 is 5.97 Å². The van der Waals surface area contributed by atoms with Crippen LogP contribution in [0.25, 0.3) is 10.2 Å². The Balaban J connectivity index is 1.86. The second-order valence-electron chi connectivity index (χ2n) is 7.89. The normalized spacial score (nSPS) is 13.0. The maximum absolute atomic E-state index is 13.2. The molecule has 0 radical (unpaired) electrons. The van der Waals surface area contributed by atoms with Crippen molar-refractivity contribution in [3.05, 3.63) is 46.5 Å². The molecule has 1 aliphatic carbocycles. The number of aryl methyl sites for hydroxylation is 2. The summed E-state index contributed by atoms with van der Waals surface area (Å²) in [5.74, 6) is -0.975. The number of fused-ring (bicyclic) bond motifs is 3. The molecule has 0 spiro atoms. The summed E-state index contributed by atoms with van der Waals surface area (Å²) in [7, 11) is 1.72. The zero-order valence-electron chi connectivity index (χ0n) is 18.6. The number of rotatable bonds is 6. The molecule has 7 nitrogen and oxygen atoms in total. The maximum atomic E-state index is 13.2. The third kappa shape index (κ3) is 4.02. The van der Waals surface area contributed by atoms with Crippen molar-refractivity contribution in [1.82, 2.24) is 4.57 Å². The summed E-state index contributed by atoms with van der Waals surface area (Å²) in [5, 5.41) is 3.74. The van der Waals surface area contributed by atoms with Crippen molar-refractivity contribution in [2.75, 3.05) is 23.9 Å². The zero-order valence-corrected chi connectivity index (χ0v) is 19.4.